The quantitative estimate of drug-likeness (QED) is 0.309. The lowest BCUT2D eigenvalue weighted by molar-refractivity contribution is -0.525. The Hall–Kier alpha value is -1.08. The van der Waals surface area contributed by atoms with E-state index in [1.54, 1.807) is 0 Å². The van der Waals surface area contributed by atoms with Crippen molar-refractivity contribution in [2.45, 2.75) is 63.9 Å². The summed E-state index contributed by atoms with van der Waals surface area (Å²) in [4.78, 5) is 23.5. The highest BCUT2D eigenvalue weighted by Crippen LogP contribution is 2.56. The molecule has 1 heterocycles. The van der Waals surface area contributed by atoms with E-state index in [1.165, 1.54) is 0 Å². The average Bonchev–Trinajstić information content (AvgIpc) is 2.84. The molecule has 3 aliphatic rings. The number of carbonyl (C=O) groups excluding carboxylic acids is 1. The van der Waals surface area contributed by atoms with Crippen molar-refractivity contribution >= 4 is 16.3 Å². The van der Waals surface area contributed by atoms with Gasteiger partial charge in [-0.1, -0.05) is 32.4 Å². The number of ether oxygens (including phenoxy) is 1. The summed E-state index contributed by atoms with van der Waals surface area (Å²) in [7, 11) is -1.27. The standard InChI is InChI=1S/C20H33NO5S/c1-12-18-16(19(22)26-12)10-13-9-14(21(23)24)7-8-15(13)17(18)11-25-27(5,6)20(2,3)4/h10,12,14-18H,7-9,11H2,1-6H3/t12?,14-,15-,16?,17+,18?/m1/s1. The van der Waals surface area contributed by atoms with Crippen LogP contribution in [0.25, 0.3) is 0 Å². The third kappa shape index (κ3) is 3.77. The van der Waals surface area contributed by atoms with Crippen LogP contribution >= 0.6 is 10.3 Å². The number of esters is 1. The van der Waals surface area contributed by atoms with Gasteiger partial charge in [0.15, 0.2) is 0 Å². The molecule has 0 N–H and O–H groups in total. The third-order valence-corrected chi connectivity index (χ3v) is 10.7. The fraction of sp³-hybridized carbons (Fsp3) is 0.850. The molecule has 2 aliphatic carbocycles. The number of hydrogen-bond donors (Lipinski definition) is 0. The first kappa shape index (κ1) is 20.6. The molecule has 0 aromatic carbocycles. The second-order valence-electron chi connectivity index (χ2n) is 9.61. The van der Waals surface area contributed by atoms with Crippen LogP contribution in [0.4, 0.5) is 0 Å². The molecule has 0 bridgehead atoms. The molecule has 0 amide bonds. The number of fused-ring (bicyclic) bond motifs is 2. The fourth-order valence-electron chi connectivity index (χ4n) is 4.68. The van der Waals surface area contributed by atoms with Gasteiger partial charge in [-0.3, -0.25) is 14.9 Å². The summed E-state index contributed by atoms with van der Waals surface area (Å²) in [6.07, 6.45) is 8.09. The molecule has 27 heavy (non-hydrogen) atoms. The summed E-state index contributed by atoms with van der Waals surface area (Å²) in [5.74, 6) is 0.0774. The van der Waals surface area contributed by atoms with Crippen LogP contribution in [0.5, 0.6) is 0 Å². The summed E-state index contributed by atoms with van der Waals surface area (Å²) in [5.41, 5.74) is 1.08. The number of carbonyl (C=O) groups is 1. The van der Waals surface area contributed by atoms with Crippen molar-refractivity contribution in [1.29, 1.82) is 0 Å². The topological polar surface area (TPSA) is 78.7 Å². The van der Waals surface area contributed by atoms with Crippen molar-refractivity contribution in [1.82, 2.24) is 0 Å². The second kappa shape index (κ2) is 7.07. The fourth-order valence-corrected chi connectivity index (χ4v) is 5.53. The van der Waals surface area contributed by atoms with Gasteiger partial charge in [0, 0.05) is 28.4 Å². The van der Waals surface area contributed by atoms with E-state index < -0.39 is 16.4 Å². The molecule has 1 saturated heterocycles. The summed E-state index contributed by atoms with van der Waals surface area (Å²) in [6.45, 7) is 9.16. The van der Waals surface area contributed by atoms with Crippen LogP contribution in [0, 0.1) is 33.8 Å². The summed E-state index contributed by atoms with van der Waals surface area (Å²) < 4.78 is 12.1. The lowest BCUT2D eigenvalue weighted by Gasteiger charge is -2.47. The first-order valence-electron chi connectivity index (χ1n) is 9.84. The van der Waals surface area contributed by atoms with E-state index >= 15 is 0 Å². The minimum Gasteiger partial charge on any atom is -0.462 e. The van der Waals surface area contributed by atoms with Crippen molar-refractivity contribution in [3.05, 3.63) is 21.8 Å². The minimum absolute atomic E-state index is 0.0661. The van der Waals surface area contributed by atoms with Gasteiger partial charge in [0.25, 0.3) is 0 Å². The van der Waals surface area contributed by atoms with Gasteiger partial charge in [-0.05, 0) is 37.7 Å². The van der Waals surface area contributed by atoms with Gasteiger partial charge < -0.3 is 8.92 Å². The number of cyclic esters (lactones) is 1. The van der Waals surface area contributed by atoms with E-state index in [2.05, 4.69) is 33.3 Å². The first-order valence-corrected chi connectivity index (χ1v) is 12.2. The van der Waals surface area contributed by atoms with Crippen LogP contribution in [0.15, 0.2) is 11.6 Å². The van der Waals surface area contributed by atoms with Crippen LogP contribution in [0.2, 0.25) is 0 Å². The summed E-state index contributed by atoms with van der Waals surface area (Å²) in [6, 6.07) is -0.530. The SMILES string of the molecule is CC1OC(=O)C2C=C3C[C@H]([N+](=O)[O-])CC[C@H]3[C@H](COS(C)(C)C(C)(C)C)C12. The maximum atomic E-state index is 12.4. The van der Waals surface area contributed by atoms with Crippen LogP contribution in [-0.2, 0) is 13.7 Å². The lowest BCUT2D eigenvalue weighted by atomic mass is 9.62. The van der Waals surface area contributed by atoms with Gasteiger partial charge in [0.2, 0.25) is 6.04 Å². The minimum atomic E-state index is -1.27. The van der Waals surface area contributed by atoms with Gasteiger partial charge >= 0.3 is 5.97 Å². The van der Waals surface area contributed by atoms with Crippen molar-refractivity contribution in [3.8, 4) is 0 Å². The predicted octanol–water partition coefficient (Wildman–Crippen LogP) is 3.96. The zero-order valence-electron chi connectivity index (χ0n) is 17.3. The molecular weight excluding hydrogens is 366 g/mol. The Labute approximate surface area is 163 Å². The predicted molar refractivity (Wildman–Crippen MR) is 107 cm³/mol. The molecule has 6 atom stereocenters. The van der Waals surface area contributed by atoms with Gasteiger partial charge in [0.1, 0.15) is 6.10 Å². The zero-order chi connectivity index (χ0) is 20.1. The van der Waals surface area contributed by atoms with Crippen LogP contribution < -0.4 is 0 Å². The van der Waals surface area contributed by atoms with Crippen molar-refractivity contribution < 1.29 is 18.6 Å². The molecule has 0 aromatic rings. The molecule has 2 fully saturated rings. The Bertz CT molecular complexity index is 653. The van der Waals surface area contributed by atoms with Gasteiger partial charge in [-0.2, -0.15) is 0 Å². The Morgan fingerprint density at radius 1 is 1.33 bits per heavy atom. The van der Waals surface area contributed by atoms with Crippen LogP contribution in [0.1, 0.15) is 47.0 Å². The molecule has 0 spiro atoms. The molecule has 1 aliphatic heterocycles. The van der Waals surface area contributed by atoms with Crippen molar-refractivity contribution in [2.24, 2.45) is 23.7 Å². The Balaban J connectivity index is 1.86. The van der Waals surface area contributed by atoms with E-state index in [-0.39, 0.29) is 45.4 Å². The summed E-state index contributed by atoms with van der Waals surface area (Å²) in [5, 5.41) is 11.3. The van der Waals surface area contributed by atoms with Crippen molar-refractivity contribution in [2.75, 3.05) is 19.1 Å². The van der Waals surface area contributed by atoms with Crippen LogP contribution in [-0.4, -0.2) is 46.9 Å². The molecule has 7 heteroatoms. The first-order chi connectivity index (χ1) is 12.4. The summed E-state index contributed by atoms with van der Waals surface area (Å²) >= 11 is 0. The third-order valence-electron chi connectivity index (χ3n) is 7.02. The maximum absolute atomic E-state index is 12.4. The molecule has 1 saturated carbocycles. The molecule has 0 aromatic heterocycles. The van der Waals surface area contributed by atoms with Crippen molar-refractivity contribution in [3.63, 3.8) is 0 Å². The average molecular weight is 400 g/mol. The van der Waals surface area contributed by atoms with Gasteiger partial charge in [0.05, 0.1) is 12.5 Å². The zero-order valence-corrected chi connectivity index (χ0v) is 18.1. The molecule has 154 valence electrons. The molecule has 3 rings (SSSR count). The van der Waals surface area contributed by atoms with E-state index in [4.69, 9.17) is 8.92 Å². The number of hydrogen-bond acceptors (Lipinski definition) is 5. The normalized spacial score (nSPS) is 37.1. The largest absolute Gasteiger partial charge is 0.462 e. The monoisotopic (exact) mass is 399 g/mol. The lowest BCUT2D eigenvalue weighted by Crippen LogP contribution is -2.43. The van der Waals surface area contributed by atoms with Gasteiger partial charge in [-0.25, -0.2) is 0 Å². The molecule has 0 radical (unpaired) electrons. The highest BCUT2D eigenvalue weighted by atomic mass is 32.3. The maximum Gasteiger partial charge on any atom is 0.313 e. The van der Waals surface area contributed by atoms with E-state index in [0.717, 1.165) is 12.0 Å². The van der Waals surface area contributed by atoms with E-state index in [1.807, 2.05) is 13.0 Å². The second-order valence-corrected chi connectivity index (χ2v) is 13.5. The van der Waals surface area contributed by atoms with E-state index in [9.17, 15) is 14.9 Å². The van der Waals surface area contributed by atoms with Crippen LogP contribution in [0.3, 0.4) is 0 Å². The molecular formula is C20H33NO5S. The smallest absolute Gasteiger partial charge is 0.313 e. The molecule has 6 nitrogen and oxygen atoms in total. The number of nitrogens with zero attached hydrogens (tertiary/aromatic N) is 1. The number of nitro groups is 1. The highest BCUT2D eigenvalue weighted by Gasteiger charge is 2.53. The number of rotatable bonds is 4. The Morgan fingerprint density at radius 3 is 2.59 bits per heavy atom. The Morgan fingerprint density at radius 2 is 2.00 bits per heavy atom. The van der Waals surface area contributed by atoms with E-state index in [0.29, 0.717) is 19.4 Å². The van der Waals surface area contributed by atoms with Gasteiger partial charge in [-0.15, -0.1) is 10.3 Å². The Kier molecular flexibility index (Phi) is 5.40. The highest BCUT2D eigenvalue weighted by molar-refractivity contribution is 8.29. The molecule has 3 unspecified atom stereocenters.